The first kappa shape index (κ1) is 38.8. The number of carbonyl (C=O) groups is 6. The number of nitrogens with zero attached hydrogens (tertiary/aromatic N) is 3. The molecule has 1 aliphatic heterocycles. The normalized spacial score (nSPS) is 26.9. The topological polar surface area (TPSA) is 180 Å². The van der Waals surface area contributed by atoms with E-state index in [1.54, 1.807) is 4.90 Å². The molecule has 0 bridgehead atoms. The molecule has 4 N–H and O–H groups in total. The van der Waals surface area contributed by atoms with Crippen LogP contribution in [0.4, 0.5) is 0 Å². The minimum atomic E-state index is -0.995. The monoisotopic (exact) mass is 733 g/mol. The SMILES string of the molecule is CCCC(NC(=O)[C@@H]1[C@@H]2[C@H](CN1C(=O)[C@@H](NC(=O)[C@@H](NC(=O)c1cnccn1)C1(C)CCCCC1)C1(C)CCCCC1)C2(C)C)C(=O)C(=O)NC1CC1. The molecule has 5 fully saturated rings. The van der Waals surface area contributed by atoms with Gasteiger partial charge in [-0.05, 0) is 73.0 Å². The molecule has 0 aromatic carbocycles. The van der Waals surface area contributed by atoms with Gasteiger partial charge >= 0.3 is 0 Å². The van der Waals surface area contributed by atoms with Crippen molar-refractivity contribution in [2.45, 2.75) is 155 Å². The molecular formula is C40H59N7O6. The standard InChI is InChI=1S/C40H59N7O6/c1-6-13-26(30(48)35(51)43-24-14-15-24)44-34(50)29-28-25(38(28,2)3)23-47(29)37(53)32(40(5)18-11-8-12-19-40)46-36(52)31(39(4)16-9-7-10-17-39)45-33(49)27-22-41-20-21-42-27/h20-22,24-26,28-29,31-32H,6-19,23H2,1-5H3,(H,43,51)(H,44,50)(H,45,49)(H,46,52)/t25-,26?,28-,29-,31+,32+/m0/s1. The molecular weight excluding hydrogens is 674 g/mol. The van der Waals surface area contributed by atoms with Gasteiger partial charge in [0.05, 0.1) is 12.2 Å². The number of likely N-dealkylation sites (tertiary alicyclic amines) is 1. The first-order valence-electron chi connectivity index (χ1n) is 20.0. The average molecular weight is 734 g/mol. The summed E-state index contributed by atoms with van der Waals surface area (Å²) in [6.45, 7) is 10.5. The van der Waals surface area contributed by atoms with Crippen molar-refractivity contribution in [2.75, 3.05) is 6.54 Å². The summed E-state index contributed by atoms with van der Waals surface area (Å²) in [5, 5.41) is 11.8. The summed E-state index contributed by atoms with van der Waals surface area (Å²) in [6, 6.07) is -3.70. The smallest absolute Gasteiger partial charge is 0.289 e. The Hall–Kier alpha value is -3.90. The second-order valence-corrected chi connectivity index (χ2v) is 17.7. The fourth-order valence-electron chi connectivity index (χ4n) is 9.67. The summed E-state index contributed by atoms with van der Waals surface area (Å²) < 4.78 is 0. The highest BCUT2D eigenvalue weighted by Gasteiger charge is 2.70. The van der Waals surface area contributed by atoms with Gasteiger partial charge in [0.2, 0.25) is 23.5 Å². The van der Waals surface area contributed by atoms with Crippen LogP contribution >= 0.6 is 0 Å². The van der Waals surface area contributed by atoms with Crippen molar-refractivity contribution in [3.05, 3.63) is 24.3 Å². The highest BCUT2D eigenvalue weighted by atomic mass is 16.2. The van der Waals surface area contributed by atoms with E-state index in [1.807, 2.05) is 13.8 Å². The number of fused-ring (bicyclic) bond motifs is 1. The molecule has 53 heavy (non-hydrogen) atoms. The molecule has 2 heterocycles. The van der Waals surface area contributed by atoms with Gasteiger partial charge in [-0.25, -0.2) is 4.98 Å². The molecule has 5 amide bonds. The summed E-state index contributed by atoms with van der Waals surface area (Å²) in [7, 11) is 0. The summed E-state index contributed by atoms with van der Waals surface area (Å²) >= 11 is 0. The van der Waals surface area contributed by atoms with Crippen LogP contribution in [0, 0.1) is 28.1 Å². The molecule has 4 saturated carbocycles. The van der Waals surface area contributed by atoms with E-state index in [1.165, 1.54) is 18.6 Å². The lowest BCUT2D eigenvalue weighted by Crippen LogP contribution is -2.64. The maximum Gasteiger partial charge on any atom is 0.289 e. The Balaban J connectivity index is 1.27. The lowest BCUT2D eigenvalue weighted by molar-refractivity contribution is -0.148. The summed E-state index contributed by atoms with van der Waals surface area (Å²) in [5.41, 5.74) is -1.21. The van der Waals surface area contributed by atoms with Crippen molar-refractivity contribution in [2.24, 2.45) is 28.1 Å². The Kier molecular flexibility index (Phi) is 11.3. The van der Waals surface area contributed by atoms with Crippen molar-refractivity contribution in [3.8, 4) is 0 Å². The van der Waals surface area contributed by atoms with E-state index in [2.05, 4.69) is 52.0 Å². The third-order valence-corrected chi connectivity index (χ3v) is 13.4. The highest BCUT2D eigenvalue weighted by molar-refractivity contribution is 6.38. The van der Waals surface area contributed by atoms with Crippen LogP contribution in [0.5, 0.6) is 0 Å². The zero-order valence-corrected chi connectivity index (χ0v) is 32.2. The van der Waals surface area contributed by atoms with Crippen LogP contribution in [0.15, 0.2) is 18.6 Å². The highest BCUT2D eigenvalue weighted by Crippen LogP contribution is 2.65. The van der Waals surface area contributed by atoms with Gasteiger partial charge in [0.15, 0.2) is 0 Å². The van der Waals surface area contributed by atoms with Gasteiger partial charge < -0.3 is 26.2 Å². The van der Waals surface area contributed by atoms with Crippen molar-refractivity contribution in [1.82, 2.24) is 36.1 Å². The molecule has 1 aromatic rings. The van der Waals surface area contributed by atoms with E-state index >= 15 is 4.79 Å². The molecule has 6 atom stereocenters. The molecule has 13 heteroatoms. The van der Waals surface area contributed by atoms with Gasteiger partial charge in [-0.1, -0.05) is 79.6 Å². The fourth-order valence-corrected chi connectivity index (χ4v) is 9.67. The van der Waals surface area contributed by atoms with E-state index in [9.17, 15) is 24.0 Å². The van der Waals surface area contributed by atoms with E-state index < -0.39 is 64.4 Å². The number of carbonyl (C=O) groups excluding carboxylic acids is 6. The number of ketones is 1. The number of aromatic nitrogens is 2. The first-order valence-corrected chi connectivity index (χ1v) is 20.0. The van der Waals surface area contributed by atoms with Gasteiger partial charge in [0, 0.05) is 25.0 Å². The quantitative estimate of drug-likeness (QED) is 0.210. The van der Waals surface area contributed by atoms with Crippen molar-refractivity contribution in [1.29, 1.82) is 0 Å². The van der Waals surface area contributed by atoms with Crippen LogP contribution < -0.4 is 21.3 Å². The Bertz CT molecular complexity index is 1570. The van der Waals surface area contributed by atoms with Crippen LogP contribution in [-0.4, -0.2) is 86.9 Å². The lowest BCUT2D eigenvalue weighted by Gasteiger charge is -2.45. The number of amides is 5. The number of nitrogens with one attached hydrogen (secondary N) is 4. The summed E-state index contributed by atoms with van der Waals surface area (Å²) in [6.07, 6.45) is 15.5. The van der Waals surface area contributed by atoms with Crippen LogP contribution in [0.1, 0.15) is 135 Å². The number of piperidine rings is 1. The zero-order valence-electron chi connectivity index (χ0n) is 32.2. The van der Waals surface area contributed by atoms with Crippen molar-refractivity contribution in [3.63, 3.8) is 0 Å². The molecule has 0 spiro atoms. The van der Waals surface area contributed by atoms with Crippen LogP contribution in [-0.2, 0) is 24.0 Å². The van der Waals surface area contributed by atoms with Crippen molar-refractivity contribution < 1.29 is 28.8 Å². The first-order chi connectivity index (χ1) is 25.2. The summed E-state index contributed by atoms with van der Waals surface area (Å²) in [5.74, 6) is -3.07. The number of rotatable bonds is 14. The number of Topliss-reactive ketones (excluding diaryl/α,β-unsaturated/α-hetero) is 1. The van der Waals surface area contributed by atoms with E-state index in [4.69, 9.17) is 0 Å². The zero-order chi connectivity index (χ0) is 38.1. The number of hydrogen-bond acceptors (Lipinski definition) is 8. The molecule has 4 aliphatic carbocycles. The second kappa shape index (κ2) is 15.5. The minimum Gasteiger partial charge on any atom is -0.347 e. The summed E-state index contributed by atoms with van der Waals surface area (Å²) in [4.78, 5) is 93.4. The van der Waals surface area contributed by atoms with Gasteiger partial charge in [0.1, 0.15) is 23.8 Å². The fraction of sp³-hybridized carbons (Fsp3) is 0.750. The molecule has 1 saturated heterocycles. The largest absolute Gasteiger partial charge is 0.347 e. The Morgan fingerprint density at radius 1 is 0.830 bits per heavy atom. The average Bonchev–Trinajstić information content (AvgIpc) is 4.00. The van der Waals surface area contributed by atoms with Crippen molar-refractivity contribution >= 4 is 35.3 Å². The molecule has 6 rings (SSSR count). The van der Waals surface area contributed by atoms with Gasteiger partial charge in [-0.3, -0.25) is 33.8 Å². The second-order valence-electron chi connectivity index (χ2n) is 17.7. The number of hydrogen-bond donors (Lipinski definition) is 4. The van der Waals surface area contributed by atoms with Gasteiger partial charge in [0.25, 0.3) is 11.8 Å². The Morgan fingerprint density at radius 2 is 1.45 bits per heavy atom. The third-order valence-electron chi connectivity index (χ3n) is 13.4. The van der Waals surface area contributed by atoms with Crippen LogP contribution in [0.25, 0.3) is 0 Å². The molecule has 1 aromatic heterocycles. The van der Waals surface area contributed by atoms with E-state index in [0.29, 0.717) is 19.4 Å². The molecule has 1 unspecified atom stereocenters. The molecule has 290 valence electrons. The predicted molar refractivity (Wildman–Crippen MR) is 197 cm³/mol. The predicted octanol–water partition coefficient (Wildman–Crippen LogP) is 3.62. The molecule has 5 aliphatic rings. The van der Waals surface area contributed by atoms with E-state index in [-0.39, 0.29) is 34.9 Å². The van der Waals surface area contributed by atoms with Crippen LogP contribution in [0.2, 0.25) is 0 Å². The maximum absolute atomic E-state index is 15.1. The minimum absolute atomic E-state index is 0.00863. The molecule has 0 radical (unpaired) electrons. The van der Waals surface area contributed by atoms with E-state index in [0.717, 1.165) is 77.0 Å². The third kappa shape index (κ3) is 8.13. The van der Waals surface area contributed by atoms with Crippen LogP contribution in [0.3, 0.4) is 0 Å². The maximum atomic E-state index is 15.1. The van der Waals surface area contributed by atoms with Gasteiger partial charge in [-0.15, -0.1) is 0 Å². The Morgan fingerprint density at radius 3 is 2.02 bits per heavy atom. The molecule has 13 nitrogen and oxygen atoms in total. The lowest BCUT2D eigenvalue weighted by atomic mass is 9.68. The Labute approximate surface area is 313 Å². The van der Waals surface area contributed by atoms with Gasteiger partial charge in [-0.2, -0.15) is 0 Å².